The Bertz CT molecular complexity index is 653. The fourth-order valence-corrected chi connectivity index (χ4v) is 2.29. The molecular formula is C16H21FN4O. The quantitative estimate of drug-likeness (QED) is 0.891. The maximum absolute atomic E-state index is 13.2. The summed E-state index contributed by atoms with van der Waals surface area (Å²) in [6, 6.07) is 8.26. The van der Waals surface area contributed by atoms with Crippen LogP contribution in [0.25, 0.3) is 0 Å². The predicted molar refractivity (Wildman–Crippen MR) is 83.9 cm³/mol. The molecule has 2 aromatic rings. The van der Waals surface area contributed by atoms with E-state index in [2.05, 4.69) is 10.4 Å². The third-order valence-electron chi connectivity index (χ3n) is 3.38. The van der Waals surface area contributed by atoms with Crippen LogP contribution in [0.15, 0.2) is 30.3 Å². The van der Waals surface area contributed by atoms with E-state index in [1.807, 2.05) is 30.9 Å². The zero-order valence-corrected chi connectivity index (χ0v) is 13.1. The number of amides is 1. The van der Waals surface area contributed by atoms with Gasteiger partial charge in [-0.25, -0.2) is 4.39 Å². The highest BCUT2D eigenvalue weighted by molar-refractivity contribution is 5.91. The molecule has 0 radical (unpaired) electrons. The third-order valence-corrected chi connectivity index (χ3v) is 3.38. The highest BCUT2D eigenvalue weighted by Crippen LogP contribution is 2.10. The molecule has 0 saturated carbocycles. The number of halogens is 1. The standard InChI is InChI=1S/C16H21FN4O/c1-4-21(10-13-6-5-7-14(17)9-13)11-16(22)18-15-8-12(2)19-20(15)3/h5-9H,4,10-11H2,1-3H3,(H,18,22). The van der Waals surface area contributed by atoms with Crippen molar-refractivity contribution in [1.82, 2.24) is 14.7 Å². The van der Waals surface area contributed by atoms with Crippen molar-refractivity contribution >= 4 is 11.7 Å². The van der Waals surface area contributed by atoms with Crippen LogP contribution in [-0.2, 0) is 18.4 Å². The van der Waals surface area contributed by atoms with Crippen molar-refractivity contribution in [2.24, 2.45) is 7.05 Å². The zero-order chi connectivity index (χ0) is 16.1. The zero-order valence-electron chi connectivity index (χ0n) is 13.1. The minimum atomic E-state index is -0.261. The van der Waals surface area contributed by atoms with Gasteiger partial charge >= 0.3 is 0 Å². The van der Waals surface area contributed by atoms with Crippen molar-refractivity contribution in [1.29, 1.82) is 0 Å². The molecule has 1 amide bonds. The van der Waals surface area contributed by atoms with Gasteiger partial charge < -0.3 is 5.32 Å². The number of nitrogens with zero attached hydrogens (tertiary/aromatic N) is 3. The Morgan fingerprint density at radius 1 is 1.41 bits per heavy atom. The van der Waals surface area contributed by atoms with Gasteiger partial charge in [0.2, 0.25) is 5.91 Å². The molecule has 22 heavy (non-hydrogen) atoms. The summed E-state index contributed by atoms with van der Waals surface area (Å²) < 4.78 is 14.8. The van der Waals surface area contributed by atoms with Crippen LogP contribution in [-0.4, -0.2) is 33.7 Å². The summed E-state index contributed by atoms with van der Waals surface area (Å²) in [6.07, 6.45) is 0. The van der Waals surface area contributed by atoms with Gasteiger partial charge in [0, 0.05) is 19.7 Å². The molecule has 0 bridgehead atoms. The maximum Gasteiger partial charge on any atom is 0.239 e. The lowest BCUT2D eigenvalue weighted by Crippen LogP contribution is -2.33. The summed E-state index contributed by atoms with van der Waals surface area (Å²) >= 11 is 0. The topological polar surface area (TPSA) is 50.2 Å². The summed E-state index contributed by atoms with van der Waals surface area (Å²) in [5.41, 5.74) is 1.70. The fraction of sp³-hybridized carbons (Fsp3) is 0.375. The van der Waals surface area contributed by atoms with Gasteiger partial charge in [0.1, 0.15) is 11.6 Å². The molecule has 1 heterocycles. The largest absolute Gasteiger partial charge is 0.310 e. The molecule has 0 atom stereocenters. The minimum Gasteiger partial charge on any atom is -0.310 e. The van der Waals surface area contributed by atoms with E-state index < -0.39 is 0 Å². The van der Waals surface area contributed by atoms with Gasteiger partial charge in [-0.1, -0.05) is 19.1 Å². The first-order chi connectivity index (χ1) is 10.5. The first-order valence-electron chi connectivity index (χ1n) is 7.25. The van der Waals surface area contributed by atoms with Gasteiger partial charge in [-0.2, -0.15) is 5.10 Å². The Kier molecular flexibility index (Phi) is 5.27. The molecule has 1 aromatic carbocycles. The first-order valence-corrected chi connectivity index (χ1v) is 7.25. The molecule has 1 N–H and O–H groups in total. The highest BCUT2D eigenvalue weighted by atomic mass is 19.1. The van der Waals surface area contributed by atoms with E-state index in [0.717, 1.165) is 11.3 Å². The predicted octanol–water partition coefficient (Wildman–Crippen LogP) is 2.33. The molecule has 0 unspecified atom stereocenters. The number of likely N-dealkylation sites (N-methyl/N-ethyl adjacent to an activating group) is 1. The van der Waals surface area contributed by atoms with Crippen molar-refractivity contribution < 1.29 is 9.18 Å². The molecule has 0 aliphatic heterocycles. The minimum absolute atomic E-state index is 0.110. The van der Waals surface area contributed by atoms with Crippen molar-refractivity contribution in [2.75, 3.05) is 18.4 Å². The number of hydrogen-bond donors (Lipinski definition) is 1. The second-order valence-corrected chi connectivity index (χ2v) is 5.28. The molecule has 0 saturated heterocycles. The van der Waals surface area contributed by atoms with Crippen molar-refractivity contribution in [3.05, 3.63) is 47.4 Å². The molecule has 118 valence electrons. The Labute approximate surface area is 129 Å². The Morgan fingerprint density at radius 3 is 2.77 bits per heavy atom. The summed E-state index contributed by atoms with van der Waals surface area (Å²) in [6.45, 7) is 5.33. The Balaban J connectivity index is 1.94. The lowest BCUT2D eigenvalue weighted by atomic mass is 10.2. The average molecular weight is 304 g/mol. The monoisotopic (exact) mass is 304 g/mol. The molecule has 6 heteroatoms. The molecule has 1 aromatic heterocycles. The van der Waals surface area contributed by atoms with Gasteiger partial charge in [-0.05, 0) is 31.2 Å². The molecule has 0 aliphatic rings. The highest BCUT2D eigenvalue weighted by Gasteiger charge is 2.12. The number of aromatic nitrogens is 2. The van der Waals surface area contributed by atoms with E-state index in [1.165, 1.54) is 12.1 Å². The smallest absolute Gasteiger partial charge is 0.239 e. The molecule has 2 rings (SSSR count). The molecule has 0 fully saturated rings. The number of hydrogen-bond acceptors (Lipinski definition) is 3. The average Bonchev–Trinajstić information content (AvgIpc) is 2.76. The lowest BCUT2D eigenvalue weighted by Gasteiger charge is -2.20. The SMILES string of the molecule is CCN(CC(=O)Nc1cc(C)nn1C)Cc1cccc(F)c1. The number of anilines is 1. The first kappa shape index (κ1) is 16.2. The number of rotatable bonds is 6. The summed E-state index contributed by atoms with van der Waals surface area (Å²) in [7, 11) is 1.78. The third kappa shape index (κ3) is 4.39. The van der Waals surface area contributed by atoms with Crippen molar-refractivity contribution in [3.8, 4) is 0 Å². The lowest BCUT2D eigenvalue weighted by molar-refractivity contribution is -0.117. The summed E-state index contributed by atoms with van der Waals surface area (Å²) in [4.78, 5) is 14.1. The van der Waals surface area contributed by atoms with Crippen LogP contribution in [0.3, 0.4) is 0 Å². The van der Waals surface area contributed by atoms with Crippen LogP contribution in [0.2, 0.25) is 0 Å². The molecule has 0 spiro atoms. The molecule has 5 nitrogen and oxygen atoms in total. The van der Waals surface area contributed by atoms with E-state index in [0.29, 0.717) is 18.9 Å². The number of benzene rings is 1. The van der Waals surface area contributed by atoms with Crippen LogP contribution in [0.4, 0.5) is 10.2 Å². The van der Waals surface area contributed by atoms with Gasteiger partial charge in [-0.3, -0.25) is 14.4 Å². The maximum atomic E-state index is 13.2. The van der Waals surface area contributed by atoms with Gasteiger partial charge in [0.05, 0.1) is 12.2 Å². The van der Waals surface area contributed by atoms with Crippen LogP contribution < -0.4 is 5.32 Å². The molecular weight excluding hydrogens is 283 g/mol. The van der Waals surface area contributed by atoms with Gasteiger partial charge in [0.25, 0.3) is 0 Å². The van der Waals surface area contributed by atoms with E-state index in [9.17, 15) is 9.18 Å². The van der Waals surface area contributed by atoms with E-state index in [4.69, 9.17) is 0 Å². The number of aryl methyl sites for hydroxylation is 2. The summed E-state index contributed by atoms with van der Waals surface area (Å²) in [5, 5.41) is 7.03. The van der Waals surface area contributed by atoms with Crippen LogP contribution in [0.1, 0.15) is 18.2 Å². The van der Waals surface area contributed by atoms with E-state index in [-0.39, 0.29) is 18.3 Å². The normalized spacial score (nSPS) is 11.0. The Hall–Kier alpha value is -2.21. The summed E-state index contributed by atoms with van der Waals surface area (Å²) in [5.74, 6) is 0.300. The second-order valence-electron chi connectivity index (χ2n) is 5.28. The van der Waals surface area contributed by atoms with Crippen molar-refractivity contribution in [3.63, 3.8) is 0 Å². The van der Waals surface area contributed by atoms with Gasteiger partial charge in [-0.15, -0.1) is 0 Å². The fourth-order valence-electron chi connectivity index (χ4n) is 2.29. The van der Waals surface area contributed by atoms with Crippen LogP contribution >= 0.6 is 0 Å². The number of nitrogens with one attached hydrogen (secondary N) is 1. The van der Waals surface area contributed by atoms with Crippen LogP contribution in [0.5, 0.6) is 0 Å². The van der Waals surface area contributed by atoms with Crippen molar-refractivity contribution in [2.45, 2.75) is 20.4 Å². The Morgan fingerprint density at radius 2 is 2.18 bits per heavy atom. The van der Waals surface area contributed by atoms with E-state index >= 15 is 0 Å². The van der Waals surface area contributed by atoms with E-state index in [1.54, 1.807) is 17.8 Å². The number of carbonyl (C=O) groups is 1. The second kappa shape index (κ2) is 7.17. The van der Waals surface area contributed by atoms with Gasteiger partial charge in [0.15, 0.2) is 0 Å². The number of carbonyl (C=O) groups excluding carboxylic acids is 1. The van der Waals surface area contributed by atoms with Crippen LogP contribution in [0, 0.1) is 12.7 Å². The molecule has 0 aliphatic carbocycles.